The van der Waals surface area contributed by atoms with Crippen molar-refractivity contribution < 1.29 is 14.6 Å². The number of ether oxygens (including phenoxy) is 1. The van der Waals surface area contributed by atoms with Crippen LogP contribution >= 0.6 is 0 Å². The Labute approximate surface area is 126 Å². The molecule has 1 aromatic rings. The molecular weight excluding hydrogens is 268 g/mol. The van der Waals surface area contributed by atoms with Crippen molar-refractivity contribution in [1.29, 1.82) is 0 Å². The number of aliphatic hydroxyl groups excluding tert-OH is 1. The summed E-state index contributed by atoms with van der Waals surface area (Å²) in [6.45, 7) is 4.69. The first-order valence-electron chi connectivity index (χ1n) is 7.23. The van der Waals surface area contributed by atoms with Crippen LogP contribution in [-0.4, -0.2) is 49.3 Å². The van der Waals surface area contributed by atoms with Crippen LogP contribution < -0.4 is 10.1 Å². The monoisotopic (exact) mass is 294 g/mol. The van der Waals surface area contributed by atoms with Crippen LogP contribution in [0, 0.1) is 5.92 Å². The van der Waals surface area contributed by atoms with Gasteiger partial charge in [-0.2, -0.15) is 0 Å². The second kappa shape index (κ2) is 8.64. The number of carbonyl (C=O) groups excluding carboxylic acids is 1. The number of nitrogens with zero attached hydrogens (tertiary/aromatic N) is 1. The largest absolute Gasteiger partial charge is 0.491 e. The summed E-state index contributed by atoms with van der Waals surface area (Å²) in [5.74, 6) is 0.936. The molecule has 0 aliphatic carbocycles. The third-order valence-corrected chi connectivity index (χ3v) is 3.23. The lowest BCUT2D eigenvalue weighted by atomic mass is 10.0. The van der Waals surface area contributed by atoms with Crippen molar-refractivity contribution in [2.24, 2.45) is 5.92 Å². The van der Waals surface area contributed by atoms with Gasteiger partial charge in [-0.3, -0.25) is 9.69 Å². The number of likely N-dealkylation sites (N-methyl/N-ethyl adjacent to an activating group) is 1. The Morgan fingerprint density at radius 2 is 2.00 bits per heavy atom. The highest BCUT2D eigenvalue weighted by Gasteiger charge is 2.24. The zero-order valence-corrected chi connectivity index (χ0v) is 13.3. The summed E-state index contributed by atoms with van der Waals surface area (Å²) in [7, 11) is 3.81. The van der Waals surface area contributed by atoms with Gasteiger partial charge in [-0.1, -0.05) is 32.0 Å². The quantitative estimate of drug-likeness (QED) is 0.758. The van der Waals surface area contributed by atoms with E-state index in [9.17, 15) is 4.79 Å². The SMILES string of the molecule is CC(C)C(C(=O)NCc1ccccc1OCCO)N(C)C. The highest BCUT2D eigenvalue weighted by Crippen LogP contribution is 2.18. The first-order chi connectivity index (χ1) is 9.97. The van der Waals surface area contributed by atoms with Crippen LogP contribution in [0.5, 0.6) is 5.75 Å². The molecule has 0 radical (unpaired) electrons. The fourth-order valence-corrected chi connectivity index (χ4v) is 2.37. The molecule has 1 aromatic carbocycles. The molecule has 1 atom stereocenters. The fraction of sp³-hybridized carbons (Fsp3) is 0.562. The maximum atomic E-state index is 12.3. The molecule has 0 aliphatic heterocycles. The molecule has 118 valence electrons. The maximum absolute atomic E-state index is 12.3. The Hall–Kier alpha value is -1.59. The molecule has 0 bridgehead atoms. The lowest BCUT2D eigenvalue weighted by molar-refractivity contribution is -0.127. The summed E-state index contributed by atoms with van der Waals surface area (Å²) >= 11 is 0. The van der Waals surface area contributed by atoms with Gasteiger partial charge in [-0.05, 0) is 26.1 Å². The molecule has 0 aromatic heterocycles. The van der Waals surface area contributed by atoms with Crippen molar-refractivity contribution >= 4 is 5.91 Å². The molecule has 0 heterocycles. The summed E-state index contributed by atoms with van der Waals surface area (Å²) < 4.78 is 5.46. The minimum Gasteiger partial charge on any atom is -0.491 e. The van der Waals surface area contributed by atoms with Crippen LogP contribution in [0.1, 0.15) is 19.4 Å². The molecule has 1 unspecified atom stereocenters. The van der Waals surface area contributed by atoms with Gasteiger partial charge in [-0.25, -0.2) is 0 Å². The lowest BCUT2D eigenvalue weighted by Crippen LogP contribution is -2.46. The Morgan fingerprint density at radius 1 is 1.33 bits per heavy atom. The average molecular weight is 294 g/mol. The van der Waals surface area contributed by atoms with Crippen LogP contribution in [0.25, 0.3) is 0 Å². The van der Waals surface area contributed by atoms with Gasteiger partial charge in [0.05, 0.1) is 12.6 Å². The number of rotatable bonds is 8. The van der Waals surface area contributed by atoms with Crippen LogP contribution in [0.3, 0.4) is 0 Å². The van der Waals surface area contributed by atoms with Gasteiger partial charge in [0.25, 0.3) is 0 Å². The van der Waals surface area contributed by atoms with E-state index in [1.54, 1.807) is 0 Å². The number of benzene rings is 1. The fourth-order valence-electron chi connectivity index (χ4n) is 2.37. The normalized spacial score (nSPS) is 12.5. The molecular formula is C16H26N2O3. The molecule has 1 amide bonds. The van der Waals surface area contributed by atoms with E-state index in [1.165, 1.54) is 0 Å². The molecule has 0 aliphatic rings. The minimum atomic E-state index is -0.157. The predicted molar refractivity (Wildman–Crippen MR) is 83.2 cm³/mol. The highest BCUT2D eigenvalue weighted by molar-refractivity contribution is 5.82. The van der Waals surface area contributed by atoms with E-state index in [2.05, 4.69) is 5.32 Å². The van der Waals surface area contributed by atoms with E-state index in [1.807, 2.05) is 57.1 Å². The van der Waals surface area contributed by atoms with E-state index in [-0.39, 0.29) is 31.1 Å². The standard InChI is InChI=1S/C16H26N2O3/c1-12(2)15(18(3)4)16(20)17-11-13-7-5-6-8-14(13)21-10-9-19/h5-8,12,15,19H,9-11H2,1-4H3,(H,17,20). The molecule has 5 heteroatoms. The second-order valence-corrected chi connectivity index (χ2v) is 5.55. The van der Waals surface area contributed by atoms with Crippen molar-refractivity contribution in [2.45, 2.75) is 26.4 Å². The Morgan fingerprint density at radius 3 is 2.57 bits per heavy atom. The zero-order chi connectivity index (χ0) is 15.8. The van der Waals surface area contributed by atoms with Crippen LogP contribution in [0.15, 0.2) is 24.3 Å². The smallest absolute Gasteiger partial charge is 0.237 e. The molecule has 0 fully saturated rings. The second-order valence-electron chi connectivity index (χ2n) is 5.55. The molecule has 0 saturated heterocycles. The van der Waals surface area contributed by atoms with Crippen molar-refractivity contribution in [2.75, 3.05) is 27.3 Å². The van der Waals surface area contributed by atoms with Crippen molar-refractivity contribution in [3.8, 4) is 5.75 Å². The Bertz CT molecular complexity index is 439. The number of carbonyl (C=O) groups is 1. The topological polar surface area (TPSA) is 61.8 Å². The van der Waals surface area contributed by atoms with Crippen LogP contribution in [-0.2, 0) is 11.3 Å². The molecule has 5 nitrogen and oxygen atoms in total. The van der Waals surface area contributed by atoms with Crippen molar-refractivity contribution in [3.63, 3.8) is 0 Å². The van der Waals surface area contributed by atoms with Gasteiger partial charge in [0, 0.05) is 12.1 Å². The molecule has 21 heavy (non-hydrogen) atoms. The van der Waals surface area contributed by atoms with Crippen molar-refractivity contribution in [1.82, 2.24) is 10.2 Å². The van der Waals surface area contributed by atoms with Gasteiger partial charge in [0.15, 0.2) is 0 Å². The Kier molecular flexibility index (Phi) is 7.19. The van der Waals surface area contributed by atoms with Crippen LogP contribution in [0.4, 0.5) is 0 Å². The summed E-state index contributed by atoms with van der Waals surface area (Å²) in [4.78, 5) is 14.2. The predicted octanol–water partition coefficient (Wildman–Crippen LogP) is 1.26. The van der Waals surface area contributed by atoms with E-state index < -0.39 is 0 Å². The minimum absolute atomic E-state index is 0.00645. The number of amides is 1. The maximum Gasteiger partial charge on any atom is 0.237 e. The van der Waals surface area contributed by atoms with Crippen LogP contribution in [0.2, 0.25) is 0 Å². The number of hydrogen-bond acceptors (Lipinski definition) is 4. The first kappa shape index (κ1) is 17.5. The average Bonchev–Trinajstić information content (AvgIpc) is 2.43. The van der Waals surface area contributed by atoms with Gasteiger partial charge < -0.3 is 15.2 Å². The van der Waals surface area contributed by atoms with E-state index in [0.717, 1.165) is 5.56 Å². The number of para-hydroxylation sites is 1. The van der Waals surface area contributed by atoms with Gasteiger partial charge in [0.1, 0.15) is 12.4 Å². The summed E-state index contributed by atoms with van der Waals surface area (Å²) in [6.07, 6.45) is 0. The van der Waals surface area contributed by atoms with Gasteiger partial charge in [0.2, 0.25) is 5.91 Å². The van der Waals surface area contributed by atoms with E-state index in [0.29, 0.717) is 12.3 Å². The molecule has 0 saturated carbocycles. The van der Waals surface area contributed by atoms with E-state index >= 15 is 0 Å². The number of aliphatic hydroxyl groups is 1. The van der Waals surface area contributed by atoms with Crippen molar-refractivity contribution in [3.05, 3.63) is 29.8 Å². The third-order valence-electron chi connectivity index (χ3n) is 3.23. The number of nitrogens with one attached hydrogen (secondary N) is 1. The lowest BCUT2D eigenvalue weighted by Gasteiger charge is -2.26. The highest BCUT2D eigenvalue weighted by atomic mass is 16.5. The zero-order valence-electron chi connectivity index (χ0n) is 13.3. The number of hydrogen-bond donors (Lipinski definition) is 2. The summed E-state index contributed by atoms with van der Waals surface area (Å²) in [6, 6.07) is 7.36. The van der Waals surface area contributed by atoms with Gasteiger partial charge in [-0.15, -0.1) is 0 Å². The molecule has 2 N–H and O–H groups in total. The Balaban J connectivity index is 2.68. The third kappa shape index (κ3) is 5.36. The molecule has 0 spiro atoms. The first-order valence-corrected chi connectivity index (χ1v) is 7.23. The van der Waals surface area contributed by atoms with E-state index in [4.69, 9.17) is 9.84 Å². The molecule has 1 rings (SSSR count). The summed E-state index contributed by atoms with van der Waals surface area (Å²) in [5, 5.41) is 11.8. The van der Waals surface area contributed by atoms with Gasteiger partial charge >= 0.3 is 0 Å². The summed E-state index contributed by atoms with van der Waals surface area (Å²) in [5.41, 5.74) is 0.903.